The number of fused-ring (bicyclic) bond motifs is 1. The molecule has 0 radical (unpaired) electrons. The summed E-state index contributed by atoms with van der Waals surface area (Å²) >= 11 is 6.33. The number of nitrogens with one attached hydrogen (secondary N) is 2. The molecule has 38 heavy (non-hydrogen) atoms. The monoisotopic (exact) mass is 584 g/mol. The van der Waals surface area contributed by atoms with Crippen LogP contribution in [0.25, 0.3) is 0 Å². The fraction of sp³-hybridized carbons (Fsp3) is 0.348. The van der Waals surface area contributed by atoms with Gasteiger partial charge >= 0.3 is 10.5 Å². The van der Waals surface area contributed by atoms with Gasteiger partial charge in [-0.3, -0.25) is 4.90 Å². The Labute approximate surface area is 225 Å². The molecular weight excluding hydrogens is 558 g/mol. The number of hydrogen-bond donors (Lipinski definition) is 2. The van der Waals surface area contributed by atoms with Crippen molar-refractivity contribution in [3.63, 3.8) is 0 Å². The van der Waals surface area contributed by atoms with Crippen molar-refractivity contribution >= 4 is 57.8 Å². The molecule has 1 unspecified atom stereocenters. The van der Waals surface area contributed by atoms with Crippen LogP contribution in [0.15, 0.2) is 30.6 Å². The maximum Gasteiger partial charge on any atom is 0.488 e. The summed E-state index contributed by atoms with van der Waals surface area (Å²) in [5.74, 6) is 0.634. The first kappa shape index (κ1) is 28.0. The number of ether oxygens (including phenoxy) is 1. The van der Waals surface area contributed by atoms with Gasteiger partial charge in [-0.25, -0.2) is 9.97 Å². The molecule has 4 rings (SSSR count). The smallest absolute Gasteiger partial charge is 0.488 e. The van der Waals surface area contributed by atoms with Gasteiger partial charge in [0.15, 0.2) is 11.6 Å². The van der Waals surface area contributed by atoms with Crippen LogP contribution in [-0.4, -0.2) is 62.3 Å². The number of methoxy groups -OCH3 is 1. The van der Waals surface area contributed by atoms with Crippen molar-refractivity contribution in [2.45, 2.75) is 19.4 Å². The van der Waals surface area contributed by atoms with Crippen LogP contribution in [-0.2, 0) is 21.5 Å². The first-order chi connectivity index (χ1) is 17.7. The Hall–Kier alpha value is -2.99. The molecule has 0 amide bonds. The highest BCUT2D eigenvalue weighted by atomic mass is 35.5. The molecule has 1 aromatic carbocycles. The van der Waals surface area contributed by atoms with E-state index in [0.29, 0.717) is 11.4 Å². The van der Waals surface area contributed by atoms with E-state index in [0.717, 1.165) is 25.2 Å². The predicted molar refractivity (Wildman–Crippen MR) is 145 cm³/mol. The van der Waals surface area contributed by atoms with Crippen LogP contribution in [0, 0.1) is 0 Å². The van der Waals surface area contributed by atoms with Crippen LogP contribution in [0.2, 0.25) is 5.02 Å². The van der Waals surface area contributed by atoms with Crippen molar-refractivity contribution in [2.75, 3.05) is 44.7 Å². The first-order valence-electron chi connectivity index (χ1n) is 11.4. The van der Waals surface area contributed by atoms with E-state index in [9.17, 15) is 16.9 Å². The molecule has 3 aromatic rings. The van der Waals surface area contributed by atoms with Gasteiger partial charge in [0, 0.05) is 12.6 Å². The number of hydrogen-bond acceptors (Lipinski definition) is 11. The molecule has 0 saturated carbocycles. The molecule has 1 aliphatic heterocycles. The molecule has 0 fully saturated rings. The average molecular weight is 585 g/mol. The highest BCUT2D eigenvalue weighted by Gasteiger charge is 2.24. The SMILES string of the molecule is COc1cc2c(cc1Nc1ncc(Cl)c(Nc3ncc(OS(=O)(=O)F)cc3P(C)(C)=O)n1)C(C)N(C)CC2. The number of likely N-dealkylation sites (N-methyl/N-ethyl adjacent to an activating group) is 1. The van der Waals surface area contributed by atoms with Crippen LogP contribution in [0.5, 0.6) is 11.5 Å². The minimum atomic E-state index is -5.28. The predicted octanol–water partition coefficient (Wildman–Crippen LogP) is 4.41. The summed E-state index contributed by atoms with van der Waals surface area (Å²) in [7, 11) is -4.67. The number of aromatic nitrogens is 3. The molecule has 3 heterocycles. The van der Waals surface area contributed by atoms with Gasteiger partial charge < -0.3 is 24.1 Å². The maximum absolute atomic E-state index is 13.0. The summed E-state index contributed by atoms with van der Waals surface area (Å²) in [5.41, 5.74) is 3.05. The Morgan fingerprint density at radius 2 is 1.89 bits per heavy atom. The third-order valence-corrected chi connectivity index (χ3v) is 8.32. The molecular formula is C23H27ClFN6O5PS. The van der Waals surface area contributed by atoms with Gasteiger partial charge in [0.1, 0.15) is 23.7 Å². The largest absolute Gasteiger partial charge is 0.495 e. The fourth-order valence-electron chi connectivity index (χ4n) is 4.09. The molecule has 15 heteroatoms. The lowest BCUT2D eigenvalue weighted by atomic mass is 9.93. The molecule has 11 nitrogen and oxygen atoms in total. The lowest BCUT2D eigenvalue weighted by Crippen LogP contribution is -2.30. The molecule has 1 aliphatic rings. The Morgan fingerprint density at radius 1 is 1.16 bits per heavy atom. The van der Waals surface area contributed by atoms with Gasteiger partial charge in [0.05, 0.1) is 30.5 Å². The number of rotatable bonds is 8. The van der Waals surface area contributed by atoms with Gasteiger partial charge in [-0.1, -0.05) is 15.5 Å². The Kier molecular flexibility index (Phi) is 7.85. The zero-order valence-electron chi connectivity index (χ0n) is 21.3. The number of pyridine rings is 1. The molecule has 2 aromatic heterocycles. The molecule has 1 atom stereocenters. The number of anilines is 4. The molecule has 0 bridgehead atoms. The van der Waals surface area contributed by atoms with Crippen molar-refractivity contribution < 1.29 is 25.8 Å². The molecule has 0 aliphatic carbocycles. The second kappa shape index (κ2) is 10.6. The molecule has 2 N–H and O–H groups in total. The average Bonchev–Trinajstić information content (AvgIpc) is 2.83. The van der Waals surface area contributed by atoms with Gasteiger partial charge in [0.2, 0.25) is 5.95 Å². The zero-order chi connectivity index (χ0) is 27.8. The van der Waals surface area contributed by atoms with E-state index in [1.165, 1.54) is 30.7 Å². The number of benzene rings is 1. The molecule has 0 spiro atoms. The highest BCUT2D eigenvalue weighted by Crippen LogP contribution is 2.40. The Bertz CT molecular complexity index is 1540. The summed E-state index contributed by atoms with van der Waals surface area (Å²) < 4.78 is 57.5. The molecule has 0 saturated heterocycles. The summed E-state index contributed by atoms with van der Waals surface area (Å²) in [6.45, 7) is 5.98. The molecule has 204 valence electrons. The highest BCUT2D eigenvalue weighted by molar-refractivity contribution is 7.81. The minimum Gasteiger partial charge on any atom is -0.495 e. The van der Waals surface area contributed by atoms with E-state index in [-0.39, 0.29) is 34.0 Å². The van der Waals surface area contributed by atoms with Crippen molar-refractivity contribution in [3.05, 3.63) is 46.7 Å². The number of halogens is 2. The summed E-state index contributed by atoms with van der Waals surface area (Å²) in [6, 6.07) is 5.38. The third-order valence-electron chi connectivity index (χ3n) is 6.15. The van der Waals surface area contributed by atoms with Crippen molar-refractivity contribution in [1.29, 1.82) is 0 Å². The summed E-state index contributed by atoms with van der Waals surface area (Å²) in [4.78, 5) is 15.0. The number of nitrogens with zero attached hydrogens (tertiary/aromatic N) is 4. The first-order valence-corrected chi connectivity index (χ1v) is 15.7. The van der Waals surface area contributed by atoms with E-state index in [1.807, 2.05) is 12.1 Å². The van der Waals surface area contributed by atoms with Gasteiger partial charge in [0.25, 0.3) is 0 Å². The maximum atomic E-state index is 13.0. The second-order valence-corrected chi connectivity index (χ2v) is 13.7. The standard InChI is InChI=1S/C23H27ClFN6O5PS/c1-13-16-10-18(19(35-3)8-14(16)6-7-31(13)2)28-23-27-12-17(24)21(30-23)29-22-20(37(4,5)32)9-15(11-26-22)36-38(25,33)34/h8-13H,6-7H2,1-5H3,(H2,26,27,28,29,30). The van der Waals surface area contributed by atoms with Crippen LogP contribution in [0.4, 0.5) is 27.2 Å². The lowest BCUT2D eigenvalue weighted by Gasteiger charge is -2.33. The van der Waals surface area contributed by atoms with E-state index >= 15 is 0 Å². The zero-order valence-corrected chi connectivity index (χ0v) is 23.8. The Morgan fingerprint density at radius 3 is 2.55 bits per heavy atom. The summed E-state index contributed by atoms with van der Waals surface area (Å²) in [5, 5.41) is 6.34. The quantitative estimate of drug-likeness (QED) is 0.288. The lowest BCUT2D eigenvalue weighted by molar-refractivity contribution is 0.247. The van der Waals surface area contributed by atoms with Crippen LogP contribution < -0.4 is 24.9 Å². The van der Waals surface area contributed by atoms with E-state index in [2.05, 4.69) is 48.6 Å². The van der Waals surface area contributed by atoms with Gasteiger partial charge in [-0.05, 0) is 63.0 Å². The van der Waals surface area contributed by atoms with Crippen molar-refractivity contribution in [2.24, 2.45) is 0 Å². The third kappa shape index (κ3) is 6.35. The topological polar surface area (TPSA) is 136 Å². The van der Waals surface area contributed by atoms with E-state index in [1.54, 1.807) is 7.11 Å². The van der Waals surface area contributed by atoms with Crippen molar-refractivity contribution in [3.8, 4) is 11.5 Å². The normalized spacial score (nSPS) is 16.0. The fourth-order valence-corrected chi connectivity index (χ4v) is 5.61. The van der Waals surface area contributed by atoms with Crippen LogP contribution in [0.1, 0.15) is 24.1 Å². The van der Waals surface area contributed by atoms with Gasteiger partial charge in [-0.15, -0.1) is 0 Å². The van der Waals surface area contributed by atoms with Crippen LogP contribution in [0.3, 0.4) is 0 Å². The van der Waals surface area contributed by atoms with Gasteiger partial charge in [-0.2, -0.15) is 13.4 Å². The summed E-state index contributed by atoms with van der Waals surface area (Å²) in [6.07, 6.45) is 3.27. The Balaban J connectivity index is 1.67. The van der Waals surface area contributed by atoms with E-state index < -0.39 is 23.4 Å². The second-order valence-electron chi connectivity index (χ2n) is 9.16. The van der Waals surface area contributed by atoms with E-state index in [4.69, 9.17) is 16.3 Å². The van der Waals surface area contributed by atoms with Crippen molar-refractivity contribution in [1.82, 2.24) is 19.9 Å². The van der Waals surface area contributed by atoms with Crippen LogP contribution >= 0.6 is 18.7 Å². The minimum absolute atomic E-state index is 0.0803.